The van der Waals surface area contributed by atoms with Gasteiger partial charge in [0.1, 0.15) is 0 Å². The highest BCUT2D eigenvalue weighted by Crippen LogP contribution is 2.26. The Morgan fingerprint density at radius 3 is 2.52 bits per heavy atom. The van der Waals surface area contributed by atoms with Crippen LogP contribution in [0.4, 0.5) is 5.69 Å². The molecule has 1 atom stereocenters. The first-order valence-electron chi connectivity index (χ1n) is 6.48. The summed E-state index contributed by atoms with van der Waals surface area (Å²) in [7, 11) is 1.59. The molecule has 3 rings (SSSR count). The second-order valence-corrected chi connectivity index (χ2v) is 5.41. The predicted octanol–water partition coefficient (Wildman–Crippen LogP) is 2.23. The number of rotatable bonds is 3. The van der Waals surface area contributed by atoms with E-state index in [4.69, 9.17) is 0 Å². The molecule has 0 aliphatic heterocycles. The van der Waals surface area contributed by atoms with Crippen molar-refractivity contribution in [3.05, 3.63) is 58.9 Å². The summed E-state index contributed by atoms with van der Waals surface area (Å²) in [5, 5.41) is 5.61. The lowest BCUT2D eigenvalue weighted by Crippen LogP contribution is -2.20. The Morgan fingerprint density at radius 1 is 1.13 bits per heavy atom. The summed E-state index contributed by atoms with van der Waals surface area (Å²) in [6, 6.07) is 14.1. The van der Waals surface area contributed by atoms with Gasteiger partial charge >= 0.3 is 0 Å². The number of hydrogen-bond donors (Lipinski definition) is 1. The molecule has 0 saturated heterocycles. The van der Waals surface area contributed by atoms with Gasteiger partial charge in [0.15, 0.2) is 0 Å². The monoisotopic (exact) mass is 350 g/mol. The first-order chi connectivity index (χ1) is 10.6. The minimum atomic E-state index is -2.39. The molecule has 1 aromatic heterocycles. The number of nitrogens with zero attached hydrogens (tertiary/aromatic N) is 2. The normalized spacial score (nSPS) is 11.7. The van der Waals surface area contributed by atoms with Crippen molar-refractivity contribution in [1.29, 1.82) is 0 Å². The van der Waals surface area contributed by atoms with Crippen LogP contribution >= 0.6 is 12.4 Å². The number of aromatic nitrogens is 2. The van der Waals surface area contributed by atoms with Gasteiger partial charge in [-0.2, -0.15) is 5.10 Å². The van der Waals surface area contributed by atoms with Gasteiger partial charge in [-0.25, -0.2) is 4.68 Å². The molecule has 0 aliphatic rings. The van der Waals surface area contributed by atoms with Crippen LogP contribution in [-0.2, 0) is 18.3 Å². The molecule has 0 fully saturated rings. The summed E-state index contributed by atoms with van der Waals surface area (Å²) in [5.74, 6) is 0. The summed E-state index contributed by atoms with van der Waals surface area (Å²) in [5.41, 5.74) is 1.61. The van der Waals surface area contributed by atoms with E-state index in [1.165, 1.54) is 4.68 Å². The zero-order valence-corrected chi connectivity index (χ0v) is 13.7. The lowest BCUT2D eigenvalue weighted by Gasteiger charge is -2.11. The van der Waals surface area contributed by atoms with Crippen LogP contribution in [0.5, 0.6) is 0 Å². The Morgan fingerprint density at radius 2 is 1.83 bits per heavy atom. The van der Waals surface area contributed by atoms with E-state index in [0.717, 1.165) is 10.9 Å². The van der Waals surface area contributed by atoms with Crippen molar-refractivity contribution in [2.24, 2.45) is 7.05 Å². The summed E-state index contributed by atoms with van der Waals surface area (Å²) in [6.07, 6.45) is 0. The number of aryl methyl sites for hydroxylation is 1. The van der Waals surface area contributed by atoms with Gasteiger partial charge in [-0.1, -0.05) is 30.3 Å². The molecule has 0 saturated carbocycles. The van der Waals surface area contributed by atoms with E-state index in [2.05, 4.69) is 9.82 Å². The molecule has 0 radical (unpaired) electrons. The van der Waals surface area contributed by atoms with E-state index >= 15 is 0 Å². The Balaban J connectivity index is 0.00000192. The molecule has 6 nitrogen and oxygen atoms in total. The van der Waals surface area contributed by atoms with Gasteiger partial charge in [0, 0.05) is 35.0 Å². The zero-order chi connectivity index (χ0) is 15.7. The Kier molecular flexibility index (Phi) is 5.15. The molecule has 3 aromatic rings. The summed E-state index contributed by atoms with van der Waals surface area (Å²) >= 11 is -2.39. The van der Waals surface area contributed by atoms with Crippen LogP contribution < -0.4 is 10.3 Å². The predicted molar refractivity (Wildman–Crippen MR) is 92.2 cm³/mol. The van der Waals surface area contributed by atoms with Gasteiger partial charge in [-0.05, 0) is 18.2 Å². The number of anilines is 1. The maximum absolute atomic E-state index is 12.1. The second kappa shape index (κ2) is 6.91. The lowest BCUT2D eigenvalue weighted by atomic mass is 10.0. The zero-order valence-electron chi connectivity index (χ0n) is 12.1. The van der Waals surface area contributed by atoms with Crippen molar-refractivity contribution in [1.82, 2.24) is 9.78 Å². The SMILES string of the molecule is Cl.Cn1nc(-c2cccc(NS(=O)[O-])c2)c2ccccc2c1=O. The third kappa shape index (κ3) is 3.42. The van der Waals surface area contributed by atoms with Gasteiger partial charge < -0.3 is 9.27 Å². The van der Waals surface area contributed by atoms with Gasteiger partial charge in [0.05, 0.1) is 11.1 Å². The average Bonchev–Trinajstić information content (AvgIpc) is 2.50. The first-order valence-corrected chi connectivity index (χ1v) is 7.56. The van der Waals surface area contributed by atoms with Crippen LogP contribution in [-0.4, -0.2) is 18.5 Å². The van der Waals surface area contributed by atoms with E-state index < -0.39 is 11.3 Å². The van der Waals surface area contributed by atoms with E-state index in [0.29, 0.717) is 16.8 Å². The minimum Gasteiger partial charge on any atom is -0.755 e. The molecule has 0 spiro atoms. The van der Waals surface area contributed by atoms with Crippen molar-refractivity contribution in [3.8, 4) is 11.3 Å². The number of benzene rings is 2. The molecule has 2 aromatic carbocycles. The first kappa shape index (κ1) is 17.1. The standard InChI is InChI=1S/C15H13N3O3S.ClH/c1-18-15(19)13-8-3-2-7-12(13)14(16-18)10-5-4-6-11(9-10)17-22(20)21;/h2-9,17H,1H3,(H,20,21);1H/p-1. The van der Waals surface area contributed by atoms with Crippen molar-refractivity contribution in [3.63, 3.8) is 0 Å². The largest absolute Gasteiger partial charge is 0.755 e. The van der Waals surface area contributed by atoms with E-state index in [1.54, 1.807) is 37.4 Å². The summed E-state index contributed by atoms with van der Waals surface area (Å²) in [6.45, 7) is 0. The third-order valence-corrected chi connectivity index (χ3v) is 3.70. The van der Waals surface area contributed by atoms with Crippen LogP contribution in [0.15, 0.2) is 53.3 Å². The Hall–Kier alpha value is -2.22. The summed E-state index contributed by atoms with van der Waals surface area (Å²) in [4.78, 5) is 12.1. The van der Waals surface area contributed by atoms with Crippen LogP contribution in [0.1, 0.15) is 0 Å². The quantitative estimate of drug-likeness (QED) is 0.734. The van der Waals surface area contributed by atoms with E-state index in [9.17, 15) is 13.6 Å². The highest BCUT2D eigenvalue weighted by atomic mass is 35.5. The highest BCUT2D eigenvalue weighted by Gasteiger charge is 2.10. The molecular weight excluding hydrogens is 338 g/mol. The van der Waals surface area contributed by atoms with Crippen LogP contribution in [0.25, 0.3) is 22.0 Å². The molecule has 120 valence electrons. The van der Waals surface area contributed by atoms with E-state index in [-0.39, 0.29) is 18.0 Å². The molecule has 0 aliphatic carbocycles. The van der Waals surface area contributed by atoms with Crippen molar-refractivity contribution >= 4 is 40.1 Å². The second-order valence-electron chi connectivity index (χ2n) is 4.74. The molecular formula is C15H13ClN3O3S-. The van der Waals surface area contributed by atoms with Crippen molar-refractivity contribution < 1.29 is 8.76 Å². The third-order valence-electron chi connectivity index (χ3n) is 3.29. The fourth-order valence-corrected chi connectivity index (χ4v) is 2.66. The molecule has 8 heteroatoms. The number of nitrogens with one attached hydrogen (secondary N) is 1. The molecule has 1 N–H and O–H groups in total. The minimum absolute atomic E-state index is 0. The Labute approximate surface area is 141 Å². The van der Waals surface area contributed by atoms with Crippen LogP contribution in [0, 0.1) is 0 Å². The van der Waals surface area contributed by atoms with Crippen molar-refractivity contribution in [2.45, 2.75) is 0 Å². The van der Waals surface area contributed by atoms with Gasteiger partial charge in [-0.15, -0.1) is 12.4 Å². The lowest BCUT2D eigenvalue weighted by molar-refractivity contribution is 0.542. The number of hydrogen-bond acceptors (Lipinski definition) is 4. The van der Waals surface area contributed by atoms with Gasteiger partial charge in [-0.3, -0.25) is 9.00 Å². The summed E-state index contributed by atoms with van der Waals surface area (Å²) < 4.78 is 25.1. The topological polar surface area (TPSA) is 87.1 Å². The fraction of sp³-hybridized carbons (Fsp3) is 0.0667. The maximum atomic E-state index is 12.1. The Bertz CT molecular complexity index is 943. The van der Waals surface area contributed by atoms with Gasteiger partial charge in [0.2, 0.25) is 0 Å². The molecule has 23 heavy (non-hydrogen) atoms. The van der Waals surface area contributed by atoms with Crippen LogP contribution in [0.2, 0.25) is 0 Å². The van der Waals surface area contributed by atoms with Crippen LogP contribution in [0.3, 0.4) is 0 Å². The fourth-order valence-electron chi connectivity index (χ4n) is 2.34. The number of halogens is 1. The van der Waals surface area contributed by atoms with Crippen molar-refractivity contribution in [2.75, 3.05) is 4.72 Å². The molecule has 0 amide bonds. The molecule has 1 unspecified atom stereocenters. The van der Waals surface area contributed by atoms with E-state index in [1.807, 2.05) is 18.2 Å². The average molecular weight is 351 g/mol. The number of fused-ring (bicyclic) bond motifs is 1. The molecule has 1 heterocycles. The maximum Gasteiger partial charge on any atom is 0.274 e. The molecule has 0 bridgehead atoms. The van der Waals surface area contributed by atoms with Gasteiger partial charge in [0.25, 0.3) is 5.56 Å². The smallest absolute Gasteiger partial charge is 0.274 e. The highest BCUT2D eigenvalue weighted by molar-refractivity contribution is 7.80.